The highest BCUT2D eigenvalue weighted by Gasteiger charge is 2.35. The highest BCUT2D eigenvalue weighted by atomic mass is 19.4. The maximum atomic E-state index is 13.2. The summed E-state index contributed by atoms with van der Waals surface area (Å²) in [6.45, 7) is 9.06. The van der Waals surface area contributed by atoms with Gasteiger partial charge in [-0.15, -0.1) is 0 Å². The Morgan fingerprint density at radius 1 is 1.31 bits per heavy atom. The van der Waals surface area contributed by atoms with Gasteiger partial charge in [0, 0.05) is 55.8 Å². The molecule has 0 unspecified atom stereocenters. The third-order valence-electron chi connectivity index (χ3n) is 5.50. The minimum Gasteiger partial charge on any atom is -0.370 e. The van der Waals surface area contributed by atoms with E-state index in [4.69, 9.17) is 0 Å². The number of piperidine rings is 1. The topological polar surface area (TPSA) is 85.4 Å². The van der Waals surface area contributed by atoms with Gasteiger partial charge < -0.3 is 15.5 Å². The number of anilines is 2. The lowest BCUT2D eigenvalue weighted by molar-refractivity contribution is -0.137. The van der Waals surface area contributed by atoms with Crippen LogP contribution in [0.5, 0.6) is 0 Å². The van der Waals surface area contributed by atoms with E-state index in [2.05, 4.69) is 26.0 Å². The minimum absolute atomic E-state index is 0.0142. The molecule has 1 saturated heterocycles. The number of halogens is 3. The summed E-state index contributed by atoms with van der Waals surface area (Å²) in [7, 11) is 0. The molecule has 0 radical (unpaired) electrons. The summed E-state index contributed by atoms with van der Waals surface area (Å²) < 4.78 is 39.6. The Labute approximate surface area is 185 Å². The van der Waals surface area contributed by atoms with Crippen molar-refractivity contribution < 1.29 is 18.0 Å². The van der Waals surface area contributed by atoms with E-state index in [-0.39, 0.29) is 29.5 Å². The van der Waals surface area contributed by atoms with Gasteiger partial charge in [0.2, 0.25) is 11.9 Å². The van der Waals surface area contributed by atoms with Crippen molar-refractivity contribution in [3.05, 3.63) is 35.6 Å². The Kier molecular flexibility index (Phi) is 7.15. The highest BCUT2D eigenvalue weighted by molar-refractivity contribution is 5.78. The number of likely N-dealkylation sites (tertiary alicyclic amines) is 1. The second kappa shape index (κ2) is 9.66. The van der Waals surface area contributed by atoms with Crippen LogP contribution in [0.4, 0.5) is 24.9 Å². The van der Waals surface area contributed by atoms with Crippen molar-refractivity contribution in [2.75, 3.05) is 30.4 Å². The number of alkyl halides is 3. The number of amides is 1. The fraction of sp³-hybridized carbons (Fsp3) is 0.571. The van der Waals surface area contributed by atoms with E-state index < -0.39 is 11.7 Å². The Morgan fingerprint density at radius 2 is 2.00 bits per heavy atom. The monoisotopic (exact) mass is 453 g/mol. The molecule has 2 aliphatic rings. The molecule has 3 rings (SSSR count). The van der Waals surface area contributed by atoms with Gasteiger partial charge in [-0.2, -0.15) is 18.2 Å². The van der Waals surface area contributed by atoms with Gasteiger partial charge in [0.05, 0.1) is 5.70 Å². The Hall–Kier alpha value is -2.98. The molecule has 32 heavy (non-hydrogen) atoms. The summed E-state index contributed by atoms with van der Waals surface area (Å²) in [5.74, 6) is 0.187. The number of nitrogens with one attached hydrogen (secondary N) is 3. The molecule has 0 bridgehead atoms. The number of carbonyl (C=O) groups is 1. The molecule has 0 aliphatic carbocycles. The number of hydrogen-bond donors (Lipinski definition) is 3. The van der Waals surface area contributed by atoms with Gasteiger partial charge in [0.25, 0.3) is 0 Å². The molecule has 0 saturated carbocycles. The molecule has 0 spiro atoms. The number of nitrogens with zero attached hydrogens (tertiary/aromatic N) is 4. The fourth-order valence-electron chi connectivity index (χ4n) is 3.71. The predicted octanol–water partition coefficient (Wildman–Crippen LogP) is 3.76. The lowest BCUT2D eigenvalue weighted by Gasteiger charge is -2.36. The molecule has 3 heterocycles. The molecule has 0 aromatic carbocycles. The minimum atomic E-state index is -4.54. The van der Waals surface area contributed by atoms with Gasteiger partial charge in [-0.25, -0.2) is 4.98 Å². The first-order chi connectivity index (χ1) is 15.1. The molecule has 3 N–H and O–H groups in total. The van der Waals surface area contributed by atoms with Crippen LogP contribution in [0.15, 0.2) is 30.0 Å². The maximum absolute atomic E-state index is 13.2. The van der Waals surface area contributed by atoms with E-state index in [1.165, 1.54) is 0 Å². The van der Waals surface area contributed by atoms with Crippen LogP contribution in [0.1, 0.15) is 46.1 Å². The zero-order chi connectivity index (χ0) is 23.5. The van der Waals surface area contributed by atoms with Crippen molar-refractivity contribution >= 4 is 17.7 Å². The van der Waals surface area contributed by atoms with E-state index in [0.717, 1.165) is 30.4 Å². The van der Waals surface area contributed by atoms with Crippen molar-refractivity contribution in [1.82, 2.24) is 25.2 Å². The molecule has 2 aliphatic heterocycles. The van der Waals surface area contributed by atoms with Gasteiger partial charge >= 0.3 is 6.18 Å². The van der Waals surface area contributed by atoms with Crippen molar-refractivity contribution in [2.24, 2.45) is 11.8 Å². The molecular weight excluding hydrogens is 423 g/mol. The molecular formula is C21H30F3N7O. The number of hydrazine groups is 1. The molecule has 1 fully saturated rings. The molecule has 176 valence electrons. The van der Waals surface area contributed by atoms with E-state index in [9.17, 15) is 18.0 Å². The van der Waals surface area contributed by atoms with E-state index in [0.29, 0.717) is 19.6 Å². The summed E-state index contributed by atoms with van der Waals surface area (Å²) >= 11 is 0. The molecule has 1 aromatic rings. The first kappa shape index (κ1) is 23.7. The second-order valence-corrected chi connectivity index (χ2v) is 8.23. The van der Waals surface area contributed by atoms with Gasteiger partial charge in [-0.3, -0.25) is 15.2 Å². The number of aromatic nitrogens is 2. The number of allylic oxidation sites excluding steroid dienone is 2. The lowest BCUT2D eigenvalue weighted by Crippen LogP contribution is -2.42. The number of hydrogen-bond acceptors (Lipinski definition) is 7. The zero-order valence-corrected chi connectivity index (χ0v) is 18.8. The first-order valence-electron chi connectivity index (χ1n) is 10.8. The van der Waals surface area contributed by atoms with Crippen LogP contribution in [-0.2, 0) is 11.0 Å². The summed E-state index contributed by atoms with van der Waals surface area (Å²) in [5.41, 5.74) is 3.84. The van der Waals surface area contributed by atoms with Gasteiger partial charge in [-0.1, -0.05) is 13.8 Å². The van der Waals surface area contributed by atoms with Crippen LogP contribution >= 0.6 is 0 Å². The Bertz CT molecular complexity index is 890. The second-order valence-electron chi connectivity index (χ2n) is 8.23. The Morgan fingerprint density at radius 3 is 2.59 bits per heavy atom. The van der Waals surface area contributed by atoms with Crippen molar-refractivity contribution in [3.63, 3.8) is 0 Å². The van der Waals surface area contributed by atoms with Gasteiger partial charge in [-0.05, 0) is 26.7 Å². The summed E-state index contributed by atoms with van der Waals surface area (Å²) in [5, 5.41) is 7.63. The highest BCUT2D eigenvalue weighted by Crippen LogP contribution is 2.34. The first-order valence-corrected chi connectivity index (χ1v) is 10.8. The average Bonchev–Trinajstić information content (AvgIpc) is 2.74. The molecule has 8 nitrogen and oxygen atoms in total. The lowest BCUT2D eigenvalue weighted by atomic mass is 9.92. The smallest absolute Gasteiger partial charge is 0.370 e. The number of carbonyl (C=O) groups excluding carboxylic acids is 1. The largest absolute Gasteiger partial charge is 0.421 e. The van der Waals surface area contributed by atoms with Crippen LogP contribution < -0.4 is 16.1 Å². The summed E-state index contributed by atoms with van der Waals surface area (Å²) in [6.07, 6.45) is 1.59. The fourth-order valence-corrected chi connectivity index (χ4v) is 3.71. The van der Waals surface area contributed by atoms with Crippen LogP contribution in [0.25, 0.3) is 0 Å². The maximum Gasteiger partial charge on any atom is 0.421 e. The number of rotatable bonds is 6. The predicted molar refractivity (Wildman–Crippen MR) is 116 cm³/mol. The average molecular weight is 454 g/mol. The summed E-state index contributed by atoms with van der Waals surface area (Å²) in [6, 6.07) is 0. The van der Waals surface area contributed by atoms with E-state index in [1.807, 2.05) is 38.1 Å². The summed E-state index contributed by atoms with van der Waals surface area (Å²) in [4.78, 5) is 22.0. The van der Waals surface area contributed by atoms with Crippen molar-refractivity contribution in [2.45, 2.75) is 46.7 Å². The van der Waals surface area contributed by atoms with E-state index >= 15 is 0 Å². The Balaban J connectivity index is 1.72. The van der Waals surface area contributed by atoms with E-state index in [1.54, 1.807) is 11.9 Å². The molecule has 1 amide bonds. The van der Waals surface area contributed by atoms with Gasteiger partial charge in [0.1, 0.15) is 11.4 Å². The zero-order valence-electron chi connectivity index (χ0n) is 18.8. The van der Waals surface area contributed by atoms with Crippen LogP contribution in [-0.4, -0.2) is 45.4 Å². The quantitative estimate of drug-likeness (QED) is 0.605. The SMILES string of the molecule is CCNc1nc(NN2C=C(C3CCN(C(=O)C(C)C)CC3)NC=C2C)ncc1C(F)(F)F. The molecule has 1 aromatic heterocycles. The van der Waals surface area contributed by atoms with Crippen LogP contribution in [0.2, 0.25) is 0 Å². The normalized spacial score (nSPS) is 17.6. The third-order valence-corrected chi connectivity index (χ3v) is 5.50. The van der Waals surface area contributed by atoms with Crippen molar-refractivity contribution in [3.8, 4) is 0 Å². The molecule has 0 atom stereocenters. The third kappa shape index (κ3) is 5.43. The van der Waals surface area contributed by atoms with Crippen molar-refractivity contribution in [1.29, 1.82) is 0 Å². The standard InChI is InChI=1S/C21H30F3N7O/c1-5-25-18-16(21(22,23)24)11-27-20(28-18)29-31-12-17(26-10-14(31)4)15-6-8-30(9-7-15)19(32)13(2)3/h10-13,15,26H,5-9H2,1-4H3,(H2,25,27,28,29). The van der Waals surface area contributed by atoms with Crippen LogP contribution in [0, 0.1) is 11.8 Å². The molecule has 11 heteroatoms. The van der Waals surface area contributed by atoms with Crippen LogP contribution in [0.3, 0.4) is 0 Å². The van der Waals surface area contributed by atoms with Gasteiger partial charge in [0.15, 0.2) is 0 Å².